The number of imidazole rings is 1. The van der Waals surface area contributed by atoms with Crippen molar-refractivity contribution in [3.63, 3.8) is 0 Å². The average Bonchev–Trinajstić information content (AvgIpc) is 2.91. The van der Waals surface area contributed by atoms with Crippen LogP contribution in [0.25, 0.3) is 11.2 Å². The van der Waals surface area contributed by atoms with Crippen LogP contribution in [-0.2, 0) is 23.9 Å². The van der Waals surface area contributed by atoms with Gasteiger partial charge < -0.3 is 4.57 Å². The Morgan fingerprint density at radius 2 is 1.64 bits per heavy atom. The largest absolute Gasteiger partial charge is 0.333 e. The Bertz CT molecular complexity index is 1190. The van der Waals surface area contributed by atoms with Gasteiger partial charge in [0.2, 0.25) is 15.0 Å². The number of benzene rings is 1. The van der Waals surface area contributed by atoms with Crippen LogP contribution >= 0.6 is 0 Å². The molecule has 0 N–H and O–H groups in total. The van der Waals surface area contributed by atoms with Gasteiger partial charge in [0.05, 0.1) is 6.04 Å². The number of sulfone groups is 1. The second-order valence-electron chi connectivity index (χ2n) is 6.00. The molecule has 1 aromatic carbocycles. The van der Waals surface area contributed by atoms with Crippen LogP contribution in [0.15, 0.2) is 45.1 Å². The Morgan fingerprint density at radius 3 is 2.20 bits per heavy atom. The topological polar surface area (TPSA) is 96.0 Å². The fourth-order valence-corrected chi connectivity index (χ4v) is 3.79. The van der Waals surface area contributed by atoms with Gasteiger partial charge in [-0.25, -0.2) is 13.2 Å². The molecular formula is C16H18N4O4S. The zero-order valence-electron chi connectivity index (χ0n) is 14.3. The highest BCUT2D eigenvalue weighted by atomic mass is 32.2. The fraction of sp³-hybridized carbons (Fsp3) is 0.312. The SMILES string of the molecule is CC(c1ccccc1)n1c(=O)c2c(nc(S(C)(=O)=O)n2C)n(C)c1=O. The van der Waals surface area contributed by atoms with Crippen LogP contribution in [0.4, 0.5) is 0 Å². The fourth-order valence-electron chi connectivity index (χ4n) is 2.94. The van der Waals surface area contributed by atoms with E-state index in [1.807, 2.05) is 30.3 Å². The first-order valence-electron chi connectivity index (χ1n) is 7.57. The molecule has 0 fully saturated rings. The Kier molecular flexibility index (Phi) is 3.91. The molecule has 9 heteroatoms. The minimum absolute atomic E-state index is 0.0504. The van der Waals surface area contributed by atoms with Crippen molar-refractivity contribution in [1.82, 2.24) is 18.7 Å². The zero-order valence-corrected chi connectivity index (χ0v) is 15.1. The van der Waals surface area contributed by atoms with E-state index in [0.29, 0.717) is 0 Å². The van der Waals surface area contributed by atoms with Crippen molar-refractivity contribution in [1.29, 1.82) is 0 Å². The van der Waals surface area contributed by atoms with Crippen LogP contribution < -0.4 is 11.2 Å². The van der Waals surface area contributed by atoms with Crippen molar-refractivity contribution in [2.75, 3.05) is 6.26 Å². The number of rotatable bonds is 3. The molecule has 0 bridgehead atoms. The van der Waals surface area contributed by atoms with Crippen LogP contribution in [0, 0.1) is 0 Å². The average molecular weight is 362 g/mol. The third kappa shape index (κ3) is 2.60. The molecule has 1 atom stereocenters. The van der Waals surface area contributed by atoms with E-state index in [1.54, 1.807) is 6.92 Å². The third-order valence-electron chi connectivity index (χ3n) is 4.27. The summed E-state index contributed by atoms with van der Waals surface area (Å²) >= 11 is 0. The van der Waals surface area contributed by atoms with E-state index in [1.165, 1.54) is 23.2 Å². The summed E-state index contributed by atoms with van der Waals surface area (Å²) in [6, 6.07) is 8.64. The van der Waals surface area contributed by atoms with E-state index in [-0.39, 0.29) is 16.3 Å². The first kappa shape index (κ1) is 17.2. The molecule has 132 valence electrons. The molecule has 3 aromatic rings. The van der Waals surface area contributed by atoms with Crippen LogP contribution in [-0.4, -0.2) is 33.4 Å². The van der Waals surface area contributed by atoms with Gasteiger partial charge in [-0.1, -0.05) is 30.3 Å². The summed E-state index contributed by atoms with van der Waals surface area (Å²) in [5.74, 6) is 0. The van der Waals surface area contributed by atoms with Gasteiger partial charge >= 0.3 is 5.69 Å². The van der Waals surface area contributed by atoms with E-state index < -0.39 is 27.1 Å². The second kappa shape index (κ2) is 5.69. The monoisotopic (exact) mass is 362 g/mol. The normalized spacial score (nSPS) is 13.3. The Morgan fingerprint density at radius 1 is 1.04 bits per heavy atom. The first-order valence-corrected chi connectivity index (χ1v) is 9.46. The molecule has 2 heterocycles. The maximum atomic E-state index is 13.0. The summed E-state index contributed by atoms with van der Waals surface area (Å²) in [4.78, 5) is 29.7. The van der Waals surface area contributed by atoms with Gasteiger partial charge in [0.15, 0.2) is 11.2 Å². The standard InChI is InChI=1S/C16H18N4O4S/c1-10(11-8-6-5-7-9-11)20-14(21)12-13(19(3)16(20)22)17-15(18(12)2)25(4,23)24/h5-10H,1-4H3. The van der Waals surface area contributed by atoms with E-state index in [4.69, 9.17) is 0 Å². The van der Waals surface area contributed by atoms with E-state index in [2.05, 4.69) is 4.98 Å². The molecule has 1 unspecified atom stereocenters. The van der Waals surface area contributed by atoms with Crippen LogP contribution in [0.5, 0.6) is 0 Å². The quantitative estimate of drug-likeness (QED) is 0.674. The summed E-state index contributed by atoms with van der Waals surface area (Å²) < 4.78 is 27.3. The van der Waals surface area contributed by atoms with Crippen molar-refractivity contribution in [3.8, 4) is 0 Å². The van der Waals surface area contributed by atoms with Gasteiger partial charge in [0, 0.05) is 20.4 Å². The molecule has 25 heavy (non-hydrogen) atoms. The molecule has 0 radical (unpaired) electrons. The van der Waals surface area contributed by atoms with Crippen LogP contribution in [0.2, 0.25) is 0 Å². The second-order valence-corrected chi connectivity index (χ2v) is 7.91. The summed E-state index contributed by atoms with van der Waals surface area (Å²) in [7, 11) is -0.716. The van der Waals surface area contributed by atoms with Gasteiger partial charge in [-0.3, -0.25) is 13.9 Å². The molecule has 0 saturated carbocycles. The zero-order chi connectivity index (χ0) is 18.5. The van der Waals surface area contributed by atoms with Gasteiger partial charge in [0.25, 0.3) is 5.56 Å². The molecule has 8 nitrogen and oxygen atoms in total. The lowest BCUT2D eigenvalue weighted by molar-refractivity contribution is 0.558. The smallest absolute Gasteiger partial charge is 0.312 e. The van der Waals surface area contributed by atoms with Gasteiger partial charge in [-0.15, -0.1) is 0 Å². The minimum Gasteiger partial charge on any atom is -0.312 e. The summed E-state index contributed by atoms with van der Waals surface area (Å²) in [6.07, 6.45) is 1.01. The summed E-state index contributed by atoms with van der Waals surface area (Å²) in [5, 5.41) is -0.250. The van der Waals surface area contributed by atoms with Crippen molar-refractivity contribution in [2.45, 2.75) is 18.1 Å². The predicted molar refractivity (Wildman–Crippen MR) is 93.6 cm³/mol. The number of hydrogen-bond donors (Lipinski definition) is 0. The van der Waals surface area contributed by atoms with E-state index >= 15 is 0 Å². The first-order chi connectivity index (χ1) is 11.6. The number of nitrogens with zero attached hydrogens (tertiary/aromatic N) is 4. The Balaban J connectivity index is 2.42. The number of hydrogen-bond acceptors (Lipinski definition) is 5. The highest BCUT2D eigenvalue weighted by molar-refractivity contribution is 7.90. The molecule has 0 aliphatic rings. The van der Waals surface area contributed by atoms with Crippen LogP contribution in [0.1, 0.15) is 18.5 Å². The van der Waals surface area contributed by atoms with Gasteiger partial charge in [-0.05, 0) is 12.5 Å². The summed E-state index contributed by atoms with van der Waals surface area (Å²) in [6.45, 7) is 1.75. The predicted octanol–water partition coefficient (Wildman–Crippen LogP) is 0.446. The molecular weight excluding hydrogens is 344 g/mol. The highest BCUT2D eigenvalue weighted by Gasteiger charge is 2.25. The maximum absolute atomic E-state index is 13.0. The highest BCUT2D eigenvalue weighted by Crippen LogP contribution is 2.17. The maximum Gasteiger partial charge on any atom is 0.333 e. The van der Waals surface area contributed by atoms with Crippen molar-refractivity contribution in [3.05, 3.63) is 56.7 Å². The molecule has 2 aromatic heterocycles. The lowest BCUT2D eigenvalue weighted by Crippen LogP contribution is -2.41. The lowest BCUT2D eigenvalue weighted by Gasteiger charge is -2.16. The third-order valence-corrected chi connectivity index (χ3v) is 5.30. The van der Waals surface area contributed by atoms with Crippen molar-refractivity contribution >= 4 is 21.0 Å². The van der Waals surface area contributed by atoms with Gasteiger partial charge in [-0.2, -0.15) is 4.98 Å². The molecule has 0 spiro atoms. The molecule has 0 saturated heterocycles. The molecule has 0 amide bonds. The number of fused-ring (bicyclic) bond motifs is 1. The van der Waals surface area contributed by atoms with Crippen LogP contribution in [0.3, 0.4) is 0 Å². The van der Waals surface area contributed by atoms with Crippen molar-refractivity contribution in [2.24, 2.45) is 14.1 Å². The molecule has 3 rings (SSSR count). The van der Waals surface area contributed by atoms with E-state index in [0.717, 1.165) is 16.4 Å². The summed E-state index contributed by atoms with van der Waals surface area (Å²) in [5.41, 5.74) is -0.197. The minimum atomic E-state index is -3.64. The number of aryl methyl sites for hydroxylation is 2. The van der Waals surface area contributed by atoms with Crippen molar-refractivity contribution < 1.29 is 8.42 Å². The Hall–Kier alpha value is -2.68. The Labute approximate surface area is 143 Å². The molecule has 0 aliphatic heterocycles. The van der Waals surface area contributed by atoms with E-state index in [9.17, 15) is 18.0 Å². The lowest BCUT2D eigenvalue weighted by atomic mass is 10.1. The number of aromatic nitrogens is 4. The van der Waals surface area contributed by atoms with Gasteiger partial charge in [0.1, 0.15) is 0 Å². The molecule has 0 aliphatic carbocycles.